The number of rotatable bonds is 6. The number of anilines is 1. The number of nitro benzene ring substituents is 1. The van der Waals surface area contributed by atoms with Crippen LogP contribution in [0.2, 0.25) is 0 Å². The predicted octanol–water partition coefficient (Wildman–Crippen LogP) is 5.40. The van der Waals surface area contributed by atoms with Crippen LogP contribution in [0, 0.1) is 50.5 Å². The Morgan fingerprint density at radius 3 is 2.12 bits per heavy atom. The molecule has 0 spiro atoms. The summed E-state index contributed by atoms with van der Waals surface area (Å²) in [6.07, 6.45) is 1.05. The van der Waals surface area contributed by atoms with E-state index in [1.165, 1.54) is 36.4 Å². The number of nitriles is 1. The van der Waals surface area contributed by atoms with Crippen LogP contribution in [0.3, 0.4) is 0 Å². The second-order valence-corrected chi connectivity index (χ2v) is 6.04. The molecule has 0 saturated heterocycles. The SMILES string of the molecule is N#Cc1cc([N+](=O)[O-])ccc1Oc1ccc(/C=N/Nc2c(F)c(F)c(F)c(F)c2F)cc1. The van der Waals surface area contributed by atoms with Gasteiger partial charge in [0.1, 0.15) is 28.8 Å². The lowest BCUT2D eigenvalue weighted by Crippen LogP contribution is -2.06. The van der Waals surface area contributed by atoms with Crippen LogP contribution in [0.4, 0.5) is 33.3 Å². The summed E-state index contributed by atoms with van der Waals surface area (Å²) >= 11 is 0. The van der Waals surface area contributed by atoms with Crippen LogP contribution in [-0.4, -0.2) is 11.1 Å². The molecular weight excluding hydrogens is 439 g/mol. The molecule has 0 radical (unpaired) electrons. The van der Waals surface area contributed by atoms with Crippen LogP contribution in [0.15, 0.2) is 47.6 Å². The molecule has 162 valence electrons. The molecule has 0 aromatic heterocycles. The van der Waals surface area contributed by atoms with E-state index in [0.717, 1.165) is 12.3 Å². The first-order valence-corrected chi connectivity index (χ1v) is 8.50. The topological polar surface area (TPSA) is 101 Å². The molecule has 12 heteroatoms. The van der Waals surface area contributed by atoms with E-state index >= 15 is 0 Å². The summed E-state index contributed by atoms with van der Waals surface area (Å²) in [6.45, 7) is 0. The van der Waals surface area contributed by atoms with Crippen molar-refractivity contribution in [2.24, 2.45) is 5.10 Å². The number of non-ortho nitro benzene ring substituents is 1. The van der Waals surface area contributed by atoms with Gasteiger partial charge in [0, 0.05) is 12.1 Å². The van der Waals surface area contributed by atoms with Crippen LogP contribution in [0.25, 0.3) is 0 Å². The minimum absolute atomic E-state index is 0.0585. The molecule has 3 aromatic carbocycles. The molecule has 0 aliphatic rings. The van der Waals surface area contributed by atoms with Crippen molar-refractivity contribution in [2.75, 3.05) is 5.43 Å². The quantitative estimate of drug-likeness (QED) is 0.136. The standard InChI is InChI=1S/C20H9F5N4O3/c21-15-16(22)18(24)20(19(25)17(15)23)28-27-9-10-1-4-13(5-2-10)32-14-6-3-12(29(30)31)7-11(14)8-26/h1-7,9,28H/b27-9+. The molecule has 3 aromatic rings. The first kappa shape index (κ1) is 22.2. The zero-order valence-electron chi connectivity index (χ0n) is 15.6. The number of nitrogens with one attached hydrogen (secondary N) is 1. The predicted molar refractivity (Wildman–Crippen MR) is 102 cm³/mol. The Balaban J connectivity index is 1.73. The molecule has 0 bridgehead atoms. The van der Waals surface area contributed by atoms with Gasteiger partial charge < -0.3 is 4.74 Å². The molecule has 0 saturated carbocycles. The highest BCUT2D eigenvalue weighted by atomic mass is 19.2. The Hall–Kier alpha value is -4.53. The number of nitrogens with zero attached hydrogens (tertiary/aromatic N) is 3. The Kier molecular flexibility index (Phi) is 6.29. The second kappa shape index (κ2) is 9.09. The van der Waals surface area contributed by atoms with E-state index in [2.05, 4.69) is 5.10 Å². The van der Waals surface area contributed by atoms with Gasteiger partial charge in [0.15, 0.2) is 23.3 Å². The Morgan fingerprint density at radius 2 is 1.56 bits per heavy atom. The monoisotopic (exact) mass is 448 g/mol. The van der Waals surface area contributed by atoms with Crippen molar-refractivity contribution in [1.29, 1.82) is 5.26 Å². The average molecular weight is 448 g/mol. The molecule has 3 rings (SSSR count). The molecule has 0 aliphatic heterocycles. The zero-order valence-corrected chi connectivity index (χ0v) is 15.6. The third-order valence-electron chi connectivity index (χ3n) is 4.00. The minimum atomic E-state index is -2.28. The number of hydrazone groups is 1. The van der Waals surface area contributed by atoms with E-state index in [4.69, 9.17) is 10.00 Å². The molecule has 0 heterocycles. The highest BCUT2D eigenvalue weighted by molar-refractivity contribution is 5.80. The smallest absolute Gasteiger partial charge is 0.271 e. The fourth-order valence-electron chi connectivity index (χ4n) is 2.43. The van der Waals surface area contributed by atoms with Crippen molar-refractivity contribution in [3.8, 4) is 17.6 Å². The summed E-state index contributed by atoms with van der Waals surface area (Å²) in [4.78, 5) is 10.1. The summed E-state index contributed by atoms with van der Waals surface area (Å²) in [5, 5.41) is 23.4. The molecule has 0 amide bonds. The third kappa shape index (κ3) is 4.46. The first-order chi connectivity index (χ1) is 15.2. The van der Waals surface area contributed by atoms with Crippen molar-refractivity contribution >= 4 is 17.6 Å². The van der Waals surface area contributed by atoms with Gasteiger partial charge in [-0.1, -0.05) is 0 Å². The van der Waals surface area contributed by atoms with Gasteiger partial charge in [-0.2, -0.15) is 10.4 Å². The summed E-state index contributed by atoms with van der Waals surface area (Å²) in [7, 11) is 0. The van der Waals surface area contributed by atoms with Gasteiger partial charge in [0.05, 0.1) is 11.1 Å². The Morgan fingerprint density at radius 1 is 0.969 bits per heavy atom. The maximum absolute atomic E-state index is 13.6. The van der Waals surface area contributed by atoms with Crippen molar-refractivity contribution in [3.05, 3.63) is 92.8 Å². The van der Waals surface area contributed by atoms with Crippen molar-refractivity contribution in [1.82, 2.24) is 0 Å². The molecule has 32 heavy (non-hydrogen) atoms. The van der Waals surface area contributed by atoms with E-state index in [1.807, 2.05) is 0 Å². The van der Waals surface area contributed by atoms with Gasteiger partial charge >= 0.3 is 0 Å². The molecule has 1 N–H and O–H groups in total. The van der Waals surface area contributed by atoms with Gasteiger partial charge in [-0.05, 0) is 35.9 Å². The minimum Gasteiger partial charge on any atom is -0.456 e. The number of ether oxygens (including phenoxy) is 1. The highest BCUT2D eigenvalue weighted by Gasteiger charge is 2.25. The van der Waals surface area contributed by atoms with Gasteiger partial charge in [-0.3, -0.25) is 15.5 Å². The molecule has 0 atom stereocenters. The Bertz CT molecular complexity index is 1240. The lowest BCUT2D eigenvalue weighted by atomic mass is 10.2. The fraction of sp³-hybridized carbons (Fsp3) is 0. The third-order valence-corrected chi connectivity index (χ3v) is 4.00. The zero-order chi connectivity index (χ0) is 23.4. The lowest BCUT2D eigenvalue weighted by Gasteiger charge is -2.08. The average Bonchev–Trinajstić information content (AvgIpc) is 2.79. The van der Waals surface area contributed by atoms with Crippen molar-refractivity contribution in [3.63, 3.8) is 0 Å². The number of nitro groups is 1. The van der Waals surface area contributed by atoms with Gasteiger partial charge in [-0.15, -0.1) is 0 Å². The van der Waals surface area contributed by atoms with Gasteiger partial charge in [0.2, 0.25) is 5.82 Å². The molecule has 0 aliphatic carbocycles. The largest absolute Gasteiger partial charge is 0.456 e. The number of benzene rings is 3. The van der Waals surface area contributed by atoms with E-state index in [0.29, 0.717) is 5.56 Å². The normalized spacial score (nSPS) is 10.8. The van der Waals surface area contributed by atoms with Crippen molar-refractivity contribution in [2.45, 2.75) is 0 Å². The van der Waals surface area contributed by atoms with E-state index in [1.54, 1.807) is 11.5 Å². The number of halogens is 5. The number of hydrogen-bond donors (Lipinski definition) is 1. The van der Waals surface area contributed by atoms with Crippen LogP contribution in [0.1, 0.15) is 11.1 Å². The summed E-state index contributed by atoms with van der Waals surface area (Å²) in [5.74, 6) is -10.3. The van der Waals surface area contributed by atoms with Crippen LogP contribution < -0.4 is 10.2 Å². The first-order valence-electron chi connectivity index (χ1n) is 8.50. The molecule has 0 fully saturated rings. The maximum Gasteiger partial charge on any atom is 0.271 e. The summed E-state index contributed by atoms with van der Waals surface area (Å²) < 4.78 is 72.1. The van der Waals surface area contributed by atoms with Crippen molar-refractivity contribution < 1.29 is 31.6 Å². The second-order valence-electron chi connectivity index (χ2n) is 6.04. The maximum atomic E-state index is 13.6. The summed E-state index contributed by atoms with van der Waals surface area (Å²) in [5.41, 5.74) is 0.492. The van der Waals surface area contributed by atoms with Gasteiger partial charge in [0.25, 0.3) is 5.69 Å². The van der Waals surface area contributed by atoms with E-state index < -0.39 is 39.7 Å². The fourth-order valence-corrected chi connectivity index (χ4v) is 2.43. The number of hydrogen-bond acceptors (Lipinski definition) is 6. The molecular formula is C20H9F5N4O3. The highest BCUT2D eigenvalue weighted by Crippen LogP contribution is 2.29. The van der Waals surface area contributed by atoms with Crippen LogP contribution in [0.5, 0.6) is 11.5 Å². The lowest BCUT2D eigenvalue weighted by molar-refractivity contribution is -0.384. The van der Waals surface area contributed by atoms with E-state index in [9.17, 15) is 32.1 Å². The Labute approximate surface area is 176 Å². The molecule has 0 unspecified atom stereocenters. The summed E-state index contributed by atoms with van der Waals surface area (Å²) in [6, 6.07) is 11.0. The van der Waals surface area contributed by atoms with Gasteiger partial charge in [-0.25, -0.2) is 22.0 Å². The van der Waals surface area contributed by atoms with Crippen LogP contribution >= 0.6 is 0 Å². The van der Waals surface area contributed by atoms with E-state index in [-0.39, 0.29) is 22.7 Å². The molecule has 7 nitrogen and oxygen atoms in total. The van der Waals surface area contributed by atoms with Crippen LogP contribution in [-0.2, 0) is 0 Å².